The molecule has 1 aromatic heterocycles. The molecule has 0 fully saturated rings. The van der Waals surface area contributed by atoms with Gasteiger partial charge in [0.2, 0.25) is 0 Å². The van der Waals surface area contributed by atoms with Crippen LogP contribution in [0.4, 0.5) is 0 Å². The first-order valence-electron chi connectivity index (χ1n) is 8.68. The Morgan fingerprint density at radius 2 is 2.04 bits per heavy atom. The van der Waals surface area contributed by atoms with Crippen molar-refractivity contribution < 1.29 is 12.9 Å². The first-order chi connectivity index (χ1) is 11.5. The minimum Gasteiger partial charge on any atom is -0.359 e. The molecule has 144 valence electrons. The molecule has 0 aliphatic carbocycles. The molecule has 0 radical (unpaired) electrons. The molecule has 0 amide bonds. The van der Waals surface area contributed by atoms with Crippen molar-refractivity contribution in [3.63, 3.8) is 0 Å². The highest BCUT2D eigenvalue weighted by atomic mass is 32.2. The third-order valence-electron chi connectivity index (χ3n) is 3.79. The van der Waals surface area contributed by atoms with Gasteiger partial charge in [0.25, 0.3) is 0 Å². The summed E-state index contributed by atoms with van der Waals surface area (Å²) in [5.41, 5.74) is 0.765. The Balaban J connectivity index is 2.62. The molecule has 0 aliphatic heterocycles. The zero-order chi connectivity index (χ0) is 19.1. The van der Waals surface area contributed by atoms with Crippen molar-refractivity contribution in [2.75, 3.05) is 25.1 Å². The smallest absolute Gasteiger partial charge is 0.191 e. The van der Waals surface area contributed by atoms with Gasteiger partial charge in [-0.2, -0.15) is 0 Å². The minimum atomic E-state index is -2.95. The number of hydrogen-bond donors (Lipinski definition) is 2. The molecule has 0 bridgehead atoms. The first-order valence-corrected chi connectivity index (χ1v) is 10.7. The van der Waals surface area contributed by atoms with E-state index in [9.17, 15) is 8.42 Å². The Morgan fingerprint density at radius 1 is 1.36 bits per heavy atom. The number of guanidine groups is 1. The molecule has 0 spiro atoms. The van der Waals surface area contributed by atoms with Gasteiger partial charge in [0, 0.05) is 25.4 Å². The van der Waals surface area contributed by atoms with Crippen LogP contribution < -0.4 is 10.6 Å². The Morgan fingerprint density at radius 3 is 2.56 bits per heavy atom. The van der Waals surface area contributed by atoms with Gasteiger partial charge in [-0.3, -0.25) is 0 Å². The maximum Gasteiger partial charge on any atom is 0.191 e. The number of aliphatic imine (C=N–C) groups is 1. The summed E-state index contributed by atoms with van der Waals surface area (Å²) in [4.78, 5) is 4.51. The SMILES string of the molecule is CCNC(=NCc1cc(C(C)C)no1)NCC(C)(C)CCS(C)(=O)=O. The zero-order valence-corrected chi connectivity index (χ0v) is 17.0. The maximum atomic E-state index is 11.4. The molecule has 1 heterocycles. The molecule has 7 nitrogen and oxygen atoms in total. The van der Waals surface area contributed by atoms with Crippen molar-refractivity contribution >= 4 is 15.8 Å². The van der Waals surface area contributed by atoms with Crippen molar-refractivity contribution in [2.24, 2.45) is 10.4 Å². The quantitative estimate of drug-likeness (QED) is 0.510. The molecule has 8 heteroatoms. The van der Waals surface area contributed by atoms with Gasteiger partial charge in [-0.15, -0.1) is 0 Å². The number of hydrogen-bond acceptors (Lipinski definition) is 5. The summed E-state index contributed by atoms with van der Waals surface area (Å²) < 4.78 is 28.0. The predicted molar refractivity (Wildman–Crippen MR) is 102 cm³/mol. The second kappa shape index (κ2) is 9.22. The van der Waals surface area contributed by atoms with Gasteiger partial charge in [0.1, 0.15) is 16.4 Å². The van der Waals surface area contributed by atoms with Crippen LogP contribution in [0.5, 0.6) is 0 Å². The Bertz CT molecular complexity index is 663. The molecule has 0 atom stereocenters. The van der Waals surface area contributed by atoms with Crippen LogP contribution in [0.15, 0.2) is 15.6 Å². The average molecular weight is 373 g/mol. The Hall–Kier alpha value is -1.57. The normalized spacial score (nSPS) is 13.3. The summed E-state index contributed by atoms with van der Waals surface area (Å²) in [7, 11) is -2.95. The van der Waals surface area contributed by atoms with E-state index in [4.69, 9.17) is 4.52 Å². The molecular formula is C17H32N4O3S. The van der Waals surface area contributed by atoms with E-state index >= 15 is 0 Å². The van der Waals surface area contributed by atoms with Crippen molar-refractivity contribution in [1.82, 2.24) is 15.8 Å². The molecule has 0 aromatic carbocycles. The summed E-state index contributed by atoms with van der Waals surface area (Å²) in [6.45, 7) is 12.0. The van der Waals surface area contributed by atoms with Gasteiger partial charge in [-0.05, 0) is 24.7 Å². The molecule has 2 N–H and O–H groups in total. The predicted octanol–water partition coefficient (Wildman–Crippen LogP) is 2.31. The molecule has 0 aliphatic rings. The van der Waals surface area contributed by atoms with E-state index in [1.165, 1.54) is 6.26 Å². The van der Waals surface area contributed by atoms with Gasteiger partial charge < -0.3 is 15.2 Å². The van der Waals surface area contributed by atoms with Crippen LogP contribution in [-0.2, 0) is 16.4 Å². The van der Waals surface area contributed by atoms with Crippen LogP contribution in [0, 0.1) is 5.41 Å². The van der Waals surface area contributed by atoms with Gasteiger partial charge in [0.05, 0.1) is 11.4 Å². The Kier molecular flexibility index (Phi) is 7.92. The lowest BCUT2D eigenvalue weighted by molar-refractivity contribution is 0.348. The van der Waals surface area contributed by atoms with Crippen LogP contribution in [0.2, 0.25) is 0 Å². The number of nitrogens with zero attached hydrogens (tertiary/aromatic N) is 2. The van der Waals surface area contributed by atoms with Crippen molar-refractivity contribution in [3.05, 3.63) is 17.5 Å². The third-order valence-corrected chi connectivity index (χ3v) is 4.74. The van der Waals surface area contributed by atoms with E-state index < -0.39 is 9.84 Å². The van der Waals surface area contributed by atoms with Gasteiger partial charge in [-0.1, -0.05) is 32.9 Å². The molecular weight excluding hydrogens is 340 g/mol. The lowest BCUT2D eigenvalue weighted by Gasteiger charge is -2.25. The summed E-state index contributed by atoms with van der Waals surface area (Å²) in [5.74, 6) is 1.91. The second-order valence-electron chi connectivity index (χ2n) is 7.47. The average Bonchev–Trinajstić information content (AvgIpc) is 2.97. The molecule has 0 saturated carbocycles. The standard InChI is InChI=1S/C17H32N4O3S/c1-7-18-16(19-11-14-10-15(13(2)3)21-24-14)20-12-17(4,5)8-9-25(6,22)23/h10,13H,7-9,11-12H2,1-6H3,(H2,18,19,20). The van der Waals surface area contributed by atoms with Crippen molar-refractivity contribution in [2.45, 2.75) is 53.5 Å². The van der Waals surface area contributed by atoms with Crippen molar-refractivity contribution in [3.8, 4) is 0 Å². The summed E-state index contributed by atoms with van der Waals surface area (Å²) >= 11 is 0. The van der Waals surface area contributed by atoms with E-state index in [0.29, 0.717) is 31.4 Å². The highest BCUT2D eigenvalue weighted by Gasteiger charge is 2.20. The van der Waals surface area contributed by atoms with Gasteiger partial charge in [-0.25, -0.2) is 13.4 Å². The lowest BCUT2D eigenvalue weighted by Crippen LogP contribution is -2.42. The first kappa shape index (κ1) is 21.5. The van der Waals surface area contributed by atoms with E-state index in [-0.39, 0.29) is 11.2 Å². The van der Waals surface area contributed by atoms with Crippen LogP contribution in [0.1, 0.15) is 58.4 Å². The fourth-order valence-electron chi connectivity index (χ4n) is 2.05. The molecule has 25 heavy (non-hydrogen) atoms. The molecule has 0 unspecified atom stereocenters. The fraction of sp³-hybridized carbons (Fsp3) is 0.765. The van der Waals surface area contributed by atoms with E-state index in [2.05, 4.69) is 34.6 Å². The third kappa shape index (κ3) is 8.90. The van der Waals surface area contributed by atoms with Gasteiger partial charge >= 0.3 is 0 Å². The van der Waals surface area contributed by atoms with Crippen LogP contribution >= 0.6 is 0 Å². The van der Waals surface area contributed by atoms with Crippen LogP contribution in [0.3, 0.4) is 0 Å². The highest BCUT2D eigenvalue weighted by Crippen LogP contribution is 2.20. The fourth-order valence-corrected chi connectivity index (χ4v) is 2.97. The zero-order valence-electron chi connectivity index (χ0n) is 16.2. The summed E-state index contributed by atoms with van der Waals surface area (Å²) in [5, 5.41) is 10.5. The molecule has 0 saturated heterocycles. The largest absolute Gasteiger partial charge is 0.359 e. The van der Waals surface area contributed by atoms with Crippen LogP contribution in [-0.4, -0.2) is 44.6 Å². The van der Waals surface area contributed by atoms with Crippen molar-refractivity contribution in [1.29, 1.82) is 0 Å². The lowest BCUT2D eigenvalue weighted by atomic mass is 9.90. The minimum absolute atomic E-state index is 0.156. The number of nitrogens with one attached hydrogen (secondary N) is 2. The van der Waals surface area contributed by atoms with Gasteiger partial charge in [0.15, 0.2) is 11.7 Å². The number of rotatable bonds is 9. The monoisotopic (exact) mass is 372 g/mol. The van der Waals surface area contributed by atoms with E-state index in [0.717, 1.165) is 18.0 Å². The van der Waals surface area contributed by atoms with E-state index in [1.807, 2.05) is 26.8 Å². The molecule has 1 aromatic rings. The number of sulfone groups is 1. The van der Waals surface area contributed by atoms with E-state index in [1.54, 1.807) is 0 Å². The Labute approximate surface area is 151 Å². The molecule has 1 rings (SSSR count). The maximum absolute atomic E-state index is 11.4. The second-order valence-corrected chi connectivity index (χ2v) is 9.73. The topological polar surface area (TPSA) is 96.6 Å². The van der Waals surface area contributed by atoms with Crippen LogP contribution in [0.25, 0.3) is 0 Å². The number of aromatic nitrogens is 1. The summed E-state index contributed by atoms with van der Waals surface area (Å²) in [6.07, 6.45) is 1.86. The highest BCUT2D eigenvalue weighted by molar-refractivity contribution is 7.90. The summed E-state index contributed by atoms with van der Waals surface area (Å²) in [6, 6.07) is 1.92.